The van der Waals surface area contributed by atoms with Crippen molar-refractivity contribution in [1.29, 1.82) is 0 Å². The van der Waals surface area contributed by atoms with Gasteiger partial charge in [-0.15, -0.1) is 11.3 Å². The SMILES string of the molecule is CC(C)(N)CNC(=O)CSc1nc2ccccc2s1. The Labute approximate surface area is 120 Å². The van der Waals surface area contributed by atoms with E-state index in [1.54, 1.807) is 11.3 Å². The predicted molar refractivity (Wildman–Crippen MR) is 81.6 cm³/mol. The van der Waals surface area contributed by atoms with E-state index >= 15 is 0 Å². The van der Waals surface area contributed by atoms with Gasteiger partial charge in [-0.1, -0.05) is 23.9 Å². The van der Waals surface area contributed by atoms with Crippen molar-refractivity contribution in [2.45, 2.75) is 23.7 Å². The first-order valence-electron chi connectivity index (χ1n) is 5.98. The zero-order valence-electron chi connectivity index (χ0n) is 11.0. The van der Waals surface area contributed by atoms with Crippen LogP contribution in [0.3, 0.4) is 0 Å². The lowest BCUT2D eigenvalue weighted by Gasteiger charge is -2.18. The number of para-hydroxylation sites is 1. The molecule has 3 N–H and O–H groups in total. The average molecular weight is 295 g/mol. The molecule has 0 atom stereocenters. The van der Waals surface area contributed by atoms with Gasteiger partial charge in [-0.3, -0.25) is 4.79 Å². The number of thioether (sulfide) groups is 1. The van der Waals surface area contributed by atoms with E-state index in [2.05, 4.69) is 10.3 Å². The molecule has 0 aliphatic carbocycles. The van der Waals surface area contributed by atoms with Crippen LogP contribution >= 0.6 is 23.1 Å². The minimum atomic E-state index is -0.379. The molecule has 1 aromatic carbocycles. The quantitative estimate of drug-likeness (QED) is 0.830. The van der Waals surface area contributed by atoms with Crippen molar-refractivity contribution in [2.24, 2.45) is 5.73 Å². The lowest BCUT2D eigenvalue weighted by atomic mass is 10.1. The van der Waals surface area contributed by atoms with Crippen LogP contribution in [0.25, 0.3) is 10.2 Å². The number of carbonyl (C=O) groups is 1. The number of carbonyl (C=O) groups excluding carboxylic acids is 1. The number of hydrogen-bond donors (Lipinski definition) is 2. The Hall–Kier alpha value is -1.11. The molecule has 0 aliphatic heterocycles. The van der Waals surface area contributed by atoms with E-state index in [1.807, 2.05) is 38.1 Å². The lowest BCUT2D eigenvalue weighted by molar-refractivity contribution is -0.118. The molecule has 102 valence electrons. The summed E-state index contributed by atoms with van der Waals surface area (Å²) in [6.45, 7) is 4.24. The smallest absolute Gasteiger partial charge is 0.230 e. The van der Waals surface area contributed by atoms with Gasteiger partial charge in [-0.25, -0.2) is 4.98 Å². The molecule has 2 rings (SSSR count). The van der Waals surface area contributed by atoms with Crippen molar-refractivity contribution in [3.8, 4) is 0 Å². The summed E-state index contributed by atoms with van der Waals surface area (Å²) in [5.41, 5.74) is 6.42. The molecule has 0 spiro atoms. The molecule has 6 heteroatoms. The van der Waals surface area contributed by atoms with E-state index in [0.29, 0.717) is 12.3 Å². The Morgan fingerprint density at radius 2 is 2.21 bits per heavy atom. The molecule has 19 heavy (non-hydrogen) atoms. The van der Waals surface area contributed by atoms with Crippen LogP contribution in [-0.4, -0.2) is 28.7 Å². The van der Waals surface area contributed by atoms with Crippen LogP contribution in [0.15, 0.2) is 28.6 Å². The fourth-order valence-electron chi connectivity index (χ4n) is 1.42. The Kier molecular flexibility index (Phi) is 4.44. The average Bonchev–Trinajstić information content (AvgIpc) is 2.75. The zero-order chi connectivity index (χ0) is 13.9. The molecule has 2 aromatic rings. The molecule has 0 fully saturated rings. The van der Waals surface area contributed by atoms with Crippen molar-refractivity contribution >= 4 is 39.2 Å². The van der Waals surface area contributed by atoms with Gasteiger partial charge in [0.2, 0.25) is 5.91 Å². The highest BCUT2D eigenvalue weighted by molar-refractivity contribution is 8.01. The van der Waals surface area contributed by atoms with E-state index in [4.69, 9.17) is 5.73 Å². The van der Waals surface area contributed by atoms with Gasteiger partial charge in [0, 0.05) is 12.1 Å². The summed E-state index contributed by atoms with van der Waals surface area (Å²) in [5, 5.41) is 2.82. The van der Waals surface area contributed by atoms with Gasteiger partial charge in [0.05, 0.1) is 16.0 Å². The van der Waals surface area contributed by atoms with Crippen molar-refractivity contribution in [2.75, 3.05) is 12.3 Å². The Balaban J connectivity index is 1.86. The number of benzene rings is 1. The summed E-state index contributed by atoms with van der Waals surface area (Å²) in [6, 6.07) is 7.97. The number of aromatic nitrogens is 1. The third-order valence-corrected chi connectivity index (χ3v) is 4.52. The molecule has 0 unspecified atom stereocenters. The van der Waals surface area contributed by atoms with Crippen LogP contribution in [0, 0.1) is 0 Å². The van der Waals surface area contributed by atoms with Crippen molar-refractivity contribution in [3.63, 3.8) is 0 Å². The minimum Gasteiger partial charge on any atom is -0.354 e. The van der Waals surface area contributed by atoms with Gasteiger partial charge in [-0.2, -0.15) is 0 Å². The van der Waals surface area contributed by atoms with Crippen molar-refractivity contribution in [1.82, 2.24) is 10.3 Å². The first-order chi connectivity index (χ1) is 8.94. The number of fused-ring (bicyclic) bond motifs is 1. The van der Waals surface area contributed by atoms with E-state index in [9.17, 15) is 4.79 Å². The molecular formula is C13H17N3OS2. The third-order valence-electron chi connectivity index (χ3n) is 2.34. The van der Waals surface area contributed by atoms with Gasteiger partial charge in [0.1, 0.15) is 0 Å². The second-order valence-electron chi connectivity index (χ2n) is 5.00. The number of thiazole rings is 1. The Morgan fingerprint density at radius 3 is 2.89 bits per heavy atom. The topological polar surface area (TPSA) is 68.0 Å². The second-order valence-corrected chi connectivity index (χ2v) is 7.25. The maximum absolute atomic E-state index is 11.7. The second kappa shape index (κ2) is 5.90. The molecule has 0 radical (unpaired) electrons. The highest BCUT2D eigenvalue weighted by atomic mass is 32.2. The summed E-state index contributed by atoms with van der Waals surface area (Å²) < 4.78 is 2.07. The van der Waals surface area contributed by atoms with E-state index < -0.39 is 0 Å². The van der Waals surface area contributed by atoms with E-state index in [0.717, 1.165) is 14.6 Å². The van der Waals surface area contributed by atoms with Crippen LogP contribution in [0.2, 0.25) is 0 Å². The van der Waals surface area contributed by atoms with Gasteiger partial charge >= 0.3 is 0 Å². The molecule has 4 nitrogen and oxygen atoms in total. The normalized spacial score (nSPS) is 11.7. The number of hydrogen-bond acceptors (Lipinski definition) is 5. The minimum absolute atomic E-state index is 0.0113. The van der Waals surface area contributed by atoms with Gasteiger partial charge < -0.3 is 11.1 Å². The zero-order valence-corrected chi connectivity index (χ0v) is 12.6. The summed E-state index contributed by atoms with van der Waals surface area (Å²) in [4.78, 5) is 16.1. The number of nitrogens with one attached hydrogen (secondary N) is 1. The maximum atomic E-state index is 11.7. The summed E-state index contributed by atoms with van der Waals surface area (Å²) in [7, 11) is 0. The fourth-order valence-corrected chi connectivity index (χ4v) is 3.32. The van der Waals surface area contributed by atoms with Gasteiger partial charge in [-0.05, 0) is 26.0 Å². The summed E-state index contributed by atoms with van der Waals surface area (Å²) in [6.07, 6.45) is 0. The highest BCUT2D eigenvalue weighted by Crippen LogP contribution is 2.28. The molecule has 1 aromatic heterocycles. The predicted octanol–water partition coefficient (Wildman–Crippen LogP) is 2.24. The van der Waals surface area contributed by atoms with Gasteiger partial charge in [0.15, 0.2) is 4.34 Å². The molecule has 1 amide bonds. The molecule has 0 aliphatic rings. The van der Waals surface area contributed by atoms with Crippen molar-refractivity contribution in [3.05, 3.63) is 24.3 Å². The van der Waals surface area contributed by atoms with E-state index in [1.165, 1.54) is 11.8 Å². The lowest BCUT2D eigenvalue weighted by Crippen LogP contribution is -2.45. The molecule has 0 saturated carbocycles. The highest BCUT2D eigenvalue weighted by Gasteiger charge is 2.13. The van der Waals surface area contributed by atoms with Crippen LogP contribution in [-0.2, 0) is 4.79 Å². The number of nitrogens with two attached hydrogens (primary N) is 1. The Bertz CT molecular complexity index is 542. The first-order valence-corrected chi connectivity index (χ1v) is 7.78. The standard InChI is InChI=1S/C13H17N3OS2/c1-13(2,14)8-15-11(17)7-18-12-16-9-5-3-4-6-10(9)19-12/h3-6H,7-8,14H2,1-2H3,(H,15,17). The number of amides is 1. The van der Waals surface area contributed by atoms with E-state index in [-0.39, 0.29) is 11.4 Å². The largest absolute Gasteiger partial charge is 0.354 e. The Morgan fingerprint density at radius 1 is 1.47 bits per heavy atom. The molecule has 1 heterocycles. The van der Waals surface area contributed by atoms with Crippen LogP contribution in [0.4, 0.5) is 0 Å². The maximum Gasteiger partial charge on any atom is 0.230 e. The number of rotatable bonds is 5. The fraction of sp³-hybridized carbons (Fsp3) is 0.385. The number of nitrogens with zero attached hydrogens (tertiary/aromatic N) is 1. The molecule has 0 bridgehead atoms. The monoisotopic (exact) mass is 295 g/mol. The summed E-state index contributed by atoms with van der Waals surface area (Å²) >= 11 is 3.07. The molecular weight excluding hydrogens is 278 g/mol. The summed E-state index contributed by atoms with van der Waals surface area (Å²) in [5.74, 6) is 0.360. The van der Waals surface area contributed by atoms with Crippen LogP contribution < -0.4 is 11.1 Å². The van der Waals surface area contributed by atoms with Crippen molar-refractivity contribution < 1.29 is 4.79 Å². The third kappa shape index (κ3) is 4.49. The van der Waals surface area contributed by atoms with Gasteiger partial charge in [0.25, 0.3) is 0 Å². The van der Waals surface area contributed by atoms with Crippen LogP contribution in [0.5, 0.6) is 0 Å². The molecule has 0 saturated heterocycles. The first kappa shape index (κ1) is 14.3. The van der Waals surface area contributed by atoms with Crippen LogP contribution in [0.1, 0.15) is 13.8 Å².